The van der Waals surface area contributed by atoms with Crippen molar-refractivity contribution in [1.29, 1.82) is 5.26 Å². The number of carbonyl (C=O) groups is 2. The summed E-state index contributed by atoms with van der Waals surface area (Å²) in [5.41, 5.74) is 5.02. The maximum atomic E-state index is 13.8. The van der Waals surface area contributed by atoms with Crippen molar-refractivity contribution in [2.24, 2.45) is 0 Å². The minimum atomic E-state index is 0.0415. The van der Waals surface area contributed by atoms with E-state index < -0.39 is 0 Å². The number of nitrogens with zero attached hydrogens (tertiary/aromatic N) is 5. The molecule has 0 saturated carbocycles. The highest BCUT2D eigenvalue weighted by atomic mass is 16.2. The molecule has 3 heterocycles. The minimum absolute atomic E-state index is 0.0415. The van der Waals surface area contributed by atoms with E-state index in [9.17, 15) is 9.59 Å². The Bertz CT molecular complexity index is 1300. The van der Waals surface area contributed by atoms with Crippen LogP contribution >= 0.6 is 0 Å². The fourth-order valence-electron chi connectivity index (χ4n) is 4.97. The molecule has 2 aromatic carbocycles. The first kappa shape index (κ1) is 23.0. The van der Waals surface area contributed by atoms with Crippen molar-refractivity contribution in [2.45, 2.75) is 25.8 Å². The Hall–Kier alpha value is -3.76. The maximum Gasteiger partial charge on any atom is 0.255 e. The molecule has 2 aliphatic heterocycles. The number of aryl methyl sites for hydroxylation is 1. The summed E-state index contributed by atoms with van der Waals surface area (Å²) < 4.78 is 0. The van der Waals surface area contributed by atoms with Gasteiger partial charge in [-0.3, -0.25) is 14.6 Å². The van der Waals surface area contributed by atoms with Crippen LogP contribution in [0.4, 0.5) is 0 Å². The SMILES string of the molecule is CN1CCN(C(=O)c2c3c(nc4ccccc24)CCN(C(=O)CCc2ccc(C#N)cc2)C3)CC1. The molecule has 0 atom stereocenters. The predicted octanol–water partition coefficient (Wildman–Crippen LogP) is 3.01. The van der Waals surface area contributed by atoms with E-state index in [0.29, 0.717) is 56.6 Å². The van der Waals surface area contributed by atoms with Gasteiger partial charge < -0.3 is 14.7 Å². The van der Waals surface area contributed by atoms with E-state index in [1.165, 1.54) is 0 Å². The van der Waals surface area contributed by atoms with Gasteiger partial charge in [0.05, 0.1) is 22.7 Å². The summed E-state index contributed by atoms with van der Waals surface area (Å²) in [7, 11) is 2.08. The van der Waals surface area contributed by atoms with Crippen molar-refractivity contribution in [3.05, 3.63) is 76.5 Å². The van der Waals surface area contributed by atoms with Gasteiger partial charge in [0.25, 0.3) is 5.91 Å². The Morgan fingerprint density at radius 1 is 0.971 bits per heavy atom. The first-order valence-electron chi connectivity index (χ1n) is 12.2. The molecule has 2 aliphatic rings. The van der Waals surface area contributed by atoms with E-state index in [4.69, 9.17) is 10.2 Å². The summed E-state index contributed by atoms with van der Waals surface area (Å²) in [5.74, 6) is 0.117. The third-order valence-corrected chi connectivity index (χ3v) is 7.11. The molecule has 0 spiro atoms. The number of piperazine rings is 1. The number of nitriles is 1. The van der Waals surface area contributed by atoms with Crippen molar-refractivity contribution < 1.29 is 9.59 Å². The number of aromatic nitrogens is 1. The molecular weight excluding hydrogens is 438 g/mol. The summed E-state index contributed by atoms with van der Waals surface area (Å²) >= 11 is 0. The van der Waals surface area contributed by atoms with Crippen LogP contribution in [0.5, 0.6) is 0 Å². The summed E-state index contributed by atoms with van der Waals surface area (Å²) in [5, 5.41) is 9.84. The normalized spacial score (nSPS) is 16.1. The van der Waals surface area contributed by atoms with Gasteiger partial charge in [0.2, 0.25) is 5.91 Å². The Balaban J connectivity index is 1.39. The van der Waals surface area contributed by atoms with Crippen LogP contribution in [0.3, 0.4) is 0 Å². The molecular formula is C28H29N5O2. The molecule has 0 aliphatic carbocycles. The molecule has 0 bridgehead atoms. The lowest BCUT2D eigenvalue weighted by Gasteiger charge is -2.35. The number of carbonyl (C=O) groups excluding carboxylic acids is 2. The largest absolute Gasteiger partial charge is 0.338 e. The molecule has 178 valence electrons. The summed E-state index contributed by atoms with van der Waals surface area (Å²) in [6, 6.07) is 17.3. The molecule has 1 aromatic heterocycles. The highest BCUT2D eigenvalue weighted by molar-refractivity contribution is 6.08. The van der Waals surface area contributed by atoms with Gasteiger partial charge in [-0.1, -0.05) is 30.3 Å². The van der Waals surface area contributed by atoms with Crippen LogP contribution in [0.2, 0.25) is 0 Å². The number of para-hydroxylation sites is 1. The Kier molecular flexibility index (Phi) is 6.47. The van der Waals surface area contributed by atoms with E-state index in [-0.39, 0.29) is 11.8 Å². The number of hydrogen-bond donors (Lipinski definition) is 0. The van der Waals surface area contributed by atoms with Gasteiger partial charge in [-0.05, 0) is 37.2 Å². The van der Waals surface area contributed by atoms with Gasteiger partial charge in [-0.2, -0.15) is 5.26 Å². The molecule has 7 heteroatoms. The highest BCUT2D eigenvalue weighted by Gasteiger charge is 2.30. The molecule has 0 N–H and O–H groups in total. The van der Waals surface area contributed by atoms with Crippen molar-refractivity contribution in [3.63, 3.8) is 0 Å². The first-order chi connectivity index (χ1) is 17.0. The van der Waals surface area contributed by atoms with E-state index in [2.05, 4.69) is 18.0 Å². The lowest BCUT2D eigenvalue weighted by atomic mass is 9.94. The van der Waals surface area contributed by atoms with Crippen molar-refractivity contribution in [2.75, 3.05) is 39.8 Å². The van der Waals surface area contributed by atoms with Crippen LogP contribution in [-0.4, -0.2) is 71.3 Å². The van der Waals surface area contributed by atoms with E-state index in [1.807, 2.05) is 46.2 Å². The molecule has 35 heavy (non-hydrogen) atoms. The number of pyridine rings is 1. The zero-order chi connectivity index (χ0) is 24.4. The van der Waals surface area contributed by atoms with Crippen LogP contribution in [-0.2, 0) is 24.2 Å². The fraction of sp³-hybridized carbons (Fsp3) is 0.357. The molecule has 0 unspecified atom stereocenters. The van der Waals surface area contributed by atoms with Gasteiger partial charge in [0.1, 0.15) is 0 Å². The van der Waals surface area contributed by atoms with E-state index in [0.717, 1.165) is 40.8 Å². The molecule has 1 saturated heterocycles. The van der Waals surface area contributed by atoms with Gasteiger partial charge in [0, 0.05) is 68.8 Å². The summed E-state index contributed by atoms with van der Waals surface area (Å²) in [6.07, 6.45) is 1.66. The lowest BCUT2D eigenvalue weighted by Crippen LogP contribution is -2.47. The topological polar surface area (TPSA) is 80.5 Å². The summed E-state index contributed by atoms with van der Waals surface area (Å²) in [4.78, 5) is 37.8. The van der Waals surface area contributed by atoms with Gasteiger partial charge >= 0.3 is 0 Å². The maximum absolute atomic E-state index is 13.8. The van der Waals surface area contributed by atoms with E-state index >= 15 is 0 Å². The monoisotopic (exact) mass is 467 g/mol. The zero-order valence-corrected chi connectivity index (χ0v) is 20.0. The van der Waals surface area contributed by atoms with Crippen molar-refractivity contribution >= 4 is 22.7 Å². The second-order valence-corrected chi connectivity index (χ2v) is 9.40. The quantitative estimate of drug-likeness (QED) is 0.589. The molecule has 7 nitrogen and oxygen atoms in total. The highest BCUT2D eigenvalue weighted by Crippen LogP contribution is 2.30. The average molecular weight is 468 g/mol. The van der Waals surface area contributed by atoms with Crippen LogP contribution in [0, 0.1) is 11.3 Å². The van der Waals surface area contributed by atoms with Gasteiger partial charge in [0.15, 0.2) is 0 Å². The predicted molar refractivity (Wildman–Crippen MR) is 134 cm³/mol. The third kappa shape index (κ3) is 4.75. The van der Waals surface area contributed by atoms with Crippen LogP contribution in [0.1, 0.15) is 39.2 Å². The fourth-order valence-corrected chi connectivity index (χ4v) is 4.97. The second kappa shape index (κ2) is 9.85. The lowest BCUT2D eigenvalue weighted by molar-refractivity contribution is -0.132. The van der Waals surface area contributed by atoms with Crippen LogP contribution in [0.15, 0.2) is 48.5 Å². The number of hydrogen-bond acceptors (Lipinski definition) is 5. The number of fused-ring (bicyclic) bond motifs is 2. The molecule has 5 rings (SSSR count). The number of rotatable bonds is 4. The zero-order valence-electron chi connectivity index (χ0n) is 20.0. The van der Waals surface area contributed by atoms with Crippen molar-refractivity contribution in [3.8, 4) is 6.07 Å². The molecule has 1 fully saturated rings. The third-order valence-electron chi connectivity index (χ3n) is 7.11. The van der Waals surface area contributed by atoms with Crippen LogP contribution in [0.25, 0.3) is 10.9 Å². The molecule has 0 radical (unpaired) electrons. The van der Waals surface area contributed by atoms with Crippen molar-refractivity contribution in [1.82, 2.24) is 19.7 Å². The minimum Gasteiger partial charge on any atom is -0.338 e. The molecule has 2 amide bonds. The first-order valence-corrected chi connectivity index (χ1v) is 12.2. The smallest absolute Gasteiger partial charge is 0.255 e. The molecule has 3 aromatic rings. The number of benzene rings is 2. The average Bonchev–Trinajstić information content (AvgIpc) is 2.90. The summed E-state index contributed by atoms with van der Waals surface area (Å²) in [6.45, 7) is 4.14. The van der Waals surface area contributed by atoms with Gasteiger partial charge in [-0.25, -0.2) is 0 Å². The number of amides is 2. The second-order valence-electron chi connectivity index (χ2n) is 9.40. The number of likely N-dealkylation sites (N-methyl/N-ethyl adjacent to an activating group) is 1. The Labute approximate surface area is 205 Å². The Morgan fingerprint density at radius 3 is 2.46 bits per heavy atom. The standard InChI is InChI=1S/C28H29N5O2/c1-31-14-16-32(17-15-31)28(35)27-22-4-2-3-5-24(22)30-25-12-13-33(19-23(25)27)26(34)11-10-20-6-8-21(18-29)9-7-20/h2-9H,10-17,19H2,1H3. The van der Waals surface area contributed by atoms with Crippen LogP contribution < -0.4 is 0 Å². The van der Waals surface area contributed by atoms with Gasteiger partial charge in [-0.15, -0.1) is 0 Å². The Morgan fingerprint density at radius 2 is 1.71 bits per heavy atom. The van der Waals surface area contributed by atoms with E-state index in [1.54, 1.807) is 12.1 Å².